The van der Waals surface area contributed by atoms with Crippen LogP contribution in [0.1, 0.15) is 30.5 Å². The van der Waals surface area contributed by atoms with Crippen molar-refractivity contribution in [3.63, 3.8) is 0 Å². The van der Waals surface area contributed by atoms with Gasteiger partial charge in [-0.3, -0.25) is 4.98 Å². The Kier molecular flexibility index (Phi) is 6.02. The van der Waals surface area contributed by atoms with Crippen molar-refractivity contribution in [3.05, 3.63) is 63.3 Å². The molecule has 4 heteroatoms. The smallest absolute Gasteiger partial charge is 0.0551 e. The summed E-state index contributed by atoms with van der Waals surface area (Å²) in [4.78, 5) is 4.07. The van der Waals surface area contributed by atoms with E-state index in [4.69, 9.17) is 11.6 Å². The topological polar surface area (TPSA) is 24.9 Å². The summed E-state index contributed by atoms with van der Waals surface area (Å²) in [7, 11) is 0. The Hall–Kier alpha value is -0.900. The molecule has 0 spiro atoms. The van der Waals surface area contributed by atoms with Crippen LogP contribution in [0.2, 0.25) is 5.02 Å². The molecule has 1 heterocycles. The molecule has 2 rings (SSSR count). The molecule has 0 saturated carbocycles. The number of hydrogen-bond donors (Lipinski definition) is 1. The molecule has 20 heavy (non-hydrogen) atoms. The predicted octanol–water partition coefficient (Wildman–Crippen LogP) is 4.78. The number of pyridine rings is 1. The third kappa shape index (κ3) is 4.30. The molecule has 0 saturated heterocycles. The normalized spacial score (nSPS) is 12.3. The summed E-state index contributed by atoms with van der Waals surface area (Å²) in [6, 6.07) is 10.5. The number of aromatic nitrogens is 1. The average molecular weight is 354 g/mol. The number of hydrogen-bond acceptors (Lipinski definition) is 2. The Morgan fingerprint density at radius 2 is 2.00 bits per heavy atom. The van der Waals surface area contributed by atoms with Gasteiger partial charge in [0.1, 0.15) is 0 Å². The van der Waals surface area contributed by atoms with E-state index < -0.39 is 0 Å². The molecule has 0 aliphatic rings. The van der Waals surface area contributed by atoms with Gasteiger partial charge < -0.3 is 5.32 Å². The van der Waals surface area contributed by atoms with Crippen molar-refractivity contribution in [1.29, 1.82) is 0 Å². The minimum absolute atomic E-state index is 0.267. The fourth-order valence-corrected chi connectivity index (χ4v) is 2.55. The molecule has 2 aromatic rings. The summed E-state index contributed by atoms with van der Waals surface area (Å²) < 4.78 is 0.932. The first-order valence-electron chi connectivity index (χ1n) is 6.78. The van der Waals surface area contributed by atoms with Gasteiger partial charge in [0.05, 0.1) is 5.02 Å². The summed E-state index contributed by atoms with van der Waals surface area (Å²) in [5.41, 5.74) is 2.48. The van der Waals surface area contributed by atoms with E-state index in [1.165, 1.54) is 11.1 Å². The second-order valence-corrected chi connectivity index (χ2v) is 6.00. The van der Waals surface area contributed by atoms with Crippen molar-refractivity contribution in [1.82, 2.24) is 10.3 Å². The maximum Gasteiger partial charge on any atom is 0.0551 e. The third-order valence-electron chi connectivity index (χ3n) is 3.18. The van der Waals surface area contributed by atoms with Crippen LogP contribution >= 0.6 is 27.5 Å². The Morgan fingerprint density at radius 1 is 1.25 bits per heavy atom. The standard InChI is InChI=1S/C16H18BrClN2/c1-2-7-20-16(10-12-5-8-19-9-6-12)13-3-4-14(17)15(18)11-13/h3-6,8-9,11,16,20H,2,7,10H2,1H3. The lowest BCUT2D eigenvalue weighted by molar-refractivity contribution is 0.529. The van der Waals surface area contributed by atoms with Gasteiger partial charge in [0.2, 0.25) is 0 Å². The van der Waals surface area contributed by atoms with Crippen LogP contribution in [0, 0.1) is 0 Å². The van der Waals surface area contributed by atoms with Crippen LogP contribution in [0.25, 0.3) is 0 Å². The second kappa shape index (κ2) is 7.77. The van der Waals surface area contributed by atoms with E-state index in [1.807, 2.05) is 24.5 Å². The van der Waals surface area contributed by atoms with E-state index in [0.717, 1.165) is 28.9 Å². The van der Waals surface area contributed by atoms with Gasteiger partial charge in [-0.2, -0.15) is 0 Å². The summed E-state index contributed by atoms with van der Waals surface area (Å²) >= 11 is 9.65. The van der Waals surface area contributed by atoms with Crippen LogP contribution < -0.4 is 5.32 Å². The van der Waals surface area contributed by atoms with Gasteiger partial charge in [0.25, 0.3) is 0 Å². The highest BCUT2D eigenvalue weighted by atomic mass is 79.9. The zero-order chi connectivity index (χ0) is 14.4. The van der Waals surface area contributed by atoms with Crippen LogP contribution in [0.3, 0.4) is 0 Å². The molecule has 1 N–H and O–H groups in total. The first-order valence-corrected chi connectivity index (χ1v) is 7.95. The first-order chi connectivity index (χ1) is 9.70. The zero-order valence-corrected chi connectivity index (χ0v) is 13.8. The summed E-state index contributed by atoms with van der Waals surface area (Å²) in [6.07, 6.45) is 5.71. The minimum Gasteiger partial charge on any atom is -0.310 e. The minimum atomic E-state index is 0.267. The first kappa shape index (κ1) is 15.5. The van der Waals surface area contributed by atoms with Crippen molar-refractivity contribution in [2.75, 3.05) is 6.54 Å². The van der Waals surface area contributed by atoms with E-state index in [0.29, 0.717) is 0 Å². The molecule has 0 radical (unpaired) electrons. The van der Waals surface area contributed by atoms with Gasteiger partial charge in [-0.15, -0.1) is 0 Å². The molecular weight excluding hydrogens is 336 g/mol. The highest BCUT2D eigenvalue weighted by Crippen LogP contribution is 2.27. The van der Waals surface area contributed by atoms with Gasteiger partial charge in [0.15, 0.2) is 0 Å². The maximum absolute atomic E-state index is 6.21. The maximum atomic E-state index is 6.21. The summed E-state index contributed by atoms with van der Waals surface area (Å²) in [6.45, 7) is 3.16. The molecule has 0 bridgehead atoms. The van der Waals surface area contributed by atoms with Crippen molar-refractivity contribution in [2.24, 2.45) is 0 Å². The fraction of sp³-hybridized carbons (Fsp3) is 0.312. The Balaban J connectivity index is 2.20. The predicted molar refractivity (Wildman–Crippen MR) is 88.1 cm³/mol. The van der Waals surface area contributed by atoms with Gasteiger partial charge in [-0.25, -0.2) is 0 Å². The molecule has 0 aliphatic heterocycles. The Labute approximate surface area is 133 Å². The highest BCUT2D eigenvalue weighted by molar-refractivity contribution is 9.10. The molecular formula is C16H18BrClN2. The molecule has 1 unspecified atom stereocenters. The van der Waals surface area contributed by atoms with Gasteiger partial charge in [-0.05, 0) is 70.7 Å². The van der Waals surface area contributed by atoms with Gasteiger partial charge >= 0.3 is 0 Å². The quantitative estimate of drug-likeness (QED) is 0.808. The van der Waals surface area contributed by atoms with E-state index in [2.05, 4.69) is 51.4 Å². The SMILES string of the molecule is CCCNC(Cc1ccncc1)c1ccc(Br)c(Cl)c1. The van der Waals surface area contributed by atoms with Crippen LogP contribution in [0.5, 0.6) is 0 Å². The van der Waals surface area contributed by atoms with E-state index in [9.17, 15) is 0 Å². The lowest BCUT2D eigenvalue weighted by Gasteiger charge is -2.19. The van der Waals surface area contributed by atoms with Crippen LogP contribution in [-0.2, 0) is 6.42 Å². The van der Waals surface area contributed by atoms with Crippen LogP contribution in [0.4, 0.5) is 0 Å². The molecule has 0 aliphatic carbocycles. The average Bonchev–Trinajstić information content (AvgIpc) is 2.47. The highest BCUT2D eigenvalue weighted by Gasteiger charge is 2.12. The Morgan fingerprint density at radius 3 is 2.65 bits per heavy atom. The van der Waals surface area contributed by atoms with Gasteiger partial charge in [-0.1, -0.05) is 24.6 Å². The van der Waals surface area contributed by atoms with Crippen molar-refractivity contribution < 1.29 is 0 Å². The fourth-order valence-electron chi connectivity index (χ4n) is 2.11. The molecule has 2 nitrogen and oxygen atoms in total. The third-order valence-corrected chi connectivity index (χ3v) is 4.41. The molecule has 1 aromatic heterocycles. The number of nitrogens with one attached hydrogen (secondary N) is 1. The van der Waals surface area contributed by atoms with E-state index in [-0.39, 0.29) is 6.04 Å². The van der Waals surface area contributed by atoms with Gasteiger partial charge in [0, 0.05) is 22.9 Å². The van der Waals surface area contributed by atoms with E-state index in [1.54, 1.807) is 0 Å². The largest absolute Gasteiger partial charge is 0.310 e. The monoisotopic (exact) mass is 352 g/mol. The number of rotatable bonds is 6. The lowest BCUT2D eigenvalue weighted by atomic mass is 9.99. The number of nitrogens with zero attached hydrogens (tertiary/aromatic N) is 1. The second-order valence-electron chi connectivity index (χ2n) is 4.74. The van der Waals surface area contributed by atoms with Crippen LogP contribution in [-0.4, -0.2) is 11.5 Å². The Bertz CT molecular complexity index is 545. The number of halogens is 2. The lowest BCUT2D eigenvalue weighted by Crippen LogP contribution is -2.24. The summed E-state index contributed by atoms with van der Waals surface area (Å²) in [5.74, 6) is 0. The van der Waals surface area contributed by atoms with Crippen molar-refractivity contribution >= 4 is 27.5 Å². The number of benzene rings is 1. The summed E-state index contributed by atoms with van der Waals surface area (Å²) in [5, 5.41) is 4.34. The molecule has 106 valence electrons. The molecule has 0 amide bonds. The van der Waals surface area contributed by atoms with Crippen molar-refractivity contribution in [2.45, 2.75) is 25.8 Å². The van der Waals surface area contributed by atoms with E-state index >= 15 is 0 Å². The molecule has 1 aromatic carbocycles. The van der Waals surface area contributed by atoms with Crippen LogP contribution in [0.15, 0.2) is 47.2 Å². The molecule has 1 atom stereocenters. The molecule has 0 fully saturated rings. The van der Waals surface area contributed by atoms with Crippen molar-refractivity contribution in [3.8, 4) is 0 Å². The zero-order valence-electron chi connectivity index (χ0n) is 11.4.